The van der Waals surface area contributed by atoms with Crippen molar-refractivity contribution in [3.8, 4) is 0 Å². The minimum Gasteiger partial charge on any atom is -0.444 e. The van der Waals surface area contributed by atoms with E-state index in [1.165, 1.54) is 16.7 Å². The first-order valence-electron chi connectivity index (χ1n) is 9.09. The Balaban J connectivity index is 2.24. The number of ether oxygens (including phenoxy) is 1. The van der Waals surface area contributed by atoms with Crippen LogP contribution in [0, 0.1) is 13.8 Å². The molecule has 0 fully saturated rings. The van der Waals surface area contributed by atoms with E-state index in [1.54, 1.807) is 4.90 Å². The number of rotatable bonds is 3. The summed E-state index contributed by atoms with van der Waals surface area (Å²) in [5.74, 6) is 0. The molecule has 1 aliphatic heterocycles. The molecule has 2 rings (SSSR count). The second kappa shape index (κ2) is 7.61. The van der Waals surface area contributed by atoms with Gasteiger partial charge in [-0.3, -0.25) is 0 Å². The Kier molecular flexibility index (Phi) is 5.94. The van der Waals surface area contributed by atoms with Crippen LogP contribution >= 0.6 is 0 Å². The Bertz CT molecular complexity index is 670. The summed E-state index contributed by atoms with van der Waals surface area (Å²) in [6.07, 6.45) is 2.82. The molecule has 0 saturated carbocycles. The Morgan fingerprint density at radius 3 is 2.44 bits per heavy atom. The van der Waals surface area contributed by atoms with E-state index in [9.17, 15) is 9.90 Å². The molecule has 1 aromatic carbocycles. The van der Waals surface area contributed by atoms with Crippen LogP contribution in [0.25, 0.3) is 5.57 Å². The molecule has 1 aromatic rings. The summed E-state index contributed by atoms with van der Waals surface area (Å²) < 4.78 is 5.45. The van der Waals surface area contributed by atoms with Crippen LogP contribution in [0.4, 0.5) is 4.79 Å². The number of carbonyl (C=O) groups is 1. The quantitative estimate of drug-likeness (QED) is 0.858. The highest BCUT2D eigenvalue weighted by Gasteiger charge is 2.25. The van der Waals surface area contributed by atoms with E-state index < -0.39 is 11.7 Å². The Morgan fingerprint density at radius 1 is 1.28 bits per heavy atom. The van der Waals surface area contributed by atoms with Gasteiger partial charge in [-0.15, -0.1) is 0 Å². The lowest BCUT2D eigenvalue weighted by Gasteiger charge is -2.30. The third-order valence-electron chi connectivity index (χ3n) is 4.62. The van der Waals surface area contributed by atoms with E-state index in [-0.39, 0.29) is 6.09 Å². The molecule has 0 unspecified atom stereocenters. The fourth-order valence-electron chi connectivity index (χ4n) is 3.02. The molecule has 1 amide bonds. The highest BCUT2D eigenvalue weighted by atomic mass is 16.6. The smallest absolute Gasteiger partial charge is 0.410 e. The standard InChI is InChI=1S/C21H31NO3/c1-7-19(23)18-13-15(3)14(2)12-17(18)16-8-10-22(11-9-16)20(24)25-21(4,5)6/h8,12-13,19,23H,7,9-11H2,1-6H3/t19-/m1/s1. The second-order valence-electron chi connectivity index (χ2n) is 7.85. The second-order valence-corrected chi connectivity index (χ2v) is 7.85. The van der Waals surface area contributed by atoms with Crippen LogP contribution < -0.4 is 0 Å². The van der Waals surface area contributed by atoms with Gasteiger partial charge in [0.2, 0.25) is 0 Å². The van der Waals surface area contributed by atoms with Crippen LogP contribution in [0.5, 0.6) is 0 Å². The largest absolute Gasteiger partial charge is 0.444 e. The molecule has 4 nitrogen and oxygen atoms in total. The van der Waals surface area contributed by atoms with E-state index in [1.807, 2.05) is 27.7 Å². The lowest BCUT2D eigenvalue weighted by Crippen LogP contribution is -2.39. The number of nitrogens with zero attached hydrogens (tertiary/aromatic N) is 1. The van der Waals surface area contributed by atoms with Crippen molar-refractivity contribution in [1.29, 1.82) is 0 Å². The fraction of sp³-hybridized carbons (Fsp3) is 0.571. The van der Waals surface area contributed by atoms with Gasteiger partial charge in [-0.25, -0.2) is 4.79 Å². The number of carbonyl (C=O) groups excluding carboxylic acids is 1. The van der Waals surface area contributed by atoms with Crippen molar-refractivity contribution in [1.82, 2.24) is 4.90 Å². The normalized spacial score (nSPS) is 16.4. The van der Waals surface area contributed by atoms with Crippen molar-refractivity contribution in [2.75, 3.05) is 13.1 Å². The third-order valence-corrected chi connectivity index (χ3v) is 4.62. The highest BCUT2D eigenvalue weighted by Crippen LogP contribution is 2.32. The van der Waals surface area contributed by atoms with Gasteiger partial charge in [0.15, 0.2) is 0 Å². The predicted molar refractivity (Wildman–Crippen MR) is 102 cm³/mol. The van der Waals surface area contributed by atoms with E-state index in [0.717, 1.165) is 17.5 Å². The molecule has 1 N–H and O–H groups in total. The van der Waals surface area contributed by atoms with Crippen LogP contribution in [0.2, 0.25) is 0 Å². The van der Waals surface area contributed by atoms with Gasteiger partial charge in [0.25, 0.3) is 0 Å². The monoisotopic (exact) mass is 345 g/mol. The van der Waals surface area contributed by atoms with Gasteiger partial charge >= 0.3 is 6.09 Å². The van der Waals surface area contributed by atoms with Gasteiger partial charge in [0.05, 0.1) is 6.10 Å². The topological polar surface area (TPSA) is 49.8 Å². The van der Waals surface area contributed by atoms with Crippen LogP contribution in [-0.4, -0.2) is 34.8 Å². The van der Waals surface area contributed by atoms with E-state index in [0.29, 0.717) is 19.5 Å². The third kappa shape index (κ3) is 4.85. The molecule has 0 bridgehead atoms. The first-order valence-corrected chi connectivity index (χ1v) is 9.09. The molecule has 0 aromatic heterocycles. The number of benzene rings is 1. The zero-order valence-electron chi connectivity index (χ0n) is 16.3. The van der Waals surface area contributed by atoms with Gasteiger partial charge < -0.3 is 14.7 Å². The molecule has 1 heterocycles. The summed E-state index contributed by atoms with van der Waals surface area (Å²) in [6.45, 7) is 13.0. The first-order chi connectivity index (χ1) is 11.6. The van der Waals surface area contributed by atoms with E-state index >= 15 is 0 Å². The van der Waals surface area contributed by atoms with Gasteiger partial charge in [-0.05, 0) is 75.3 Å². The minimum atomic E-state index is -0.479. The van der Waals surface area contributed by atoms with Crippen molar-refractivity contribution < 1.29 is 14.6 Å². The maximum Gasteiger partial charge on any atom is 0.410 e. The fourth-order valence-corrected chi connectivity index (χ4v) is 3.02. The maximum absolute atomic E-state index is 12.2. The molecule has 1 aliphatic rings. The SMILES string of the molecule is CC[C@@H](O)c1cc(C)c(C)cc1C1=CCN(C(=O)OC(C)(C)C)CC1. The van der Waals surface area contributed by atoms with E-state index in [2.05, 4.69) is 32.1 Å². The van der Waals surface area contributed by atoms with Gasteiger partial charge in [-0.2, -0.15) is 0 Å². The summed E-state index contributed by atoms with van der Waals surface area (Å²) in [4.78, 5) is 13.9. The van der Waals surface area contributed by atoms with Crippen LogP contribution in [0.1, 0.15) is 68.9 Å². The Labute approximate surface area is 151 Å². The molecule has 4 heteroatoms. The number of aliphatic hydroxyl groups excluding tert-OH is 1. The molecule has 0 spiro atoms. The average molecular weight is 345 g/mol. The predicted octanol–water partition coefficient (Wildman–Crippen LogP) is 4.77. The van der Waals surface area contributed by atoms with Crippen LogP contribution in [0.3, 0.4) is 0 Å². The highest BCUT2D eigenvalue weighted by molar-refractivity contribution is 5.74. The minimum absolute atomic E-state index is 0.267. The molecule has 0 radical (unpaired) electrons. The van der Waals surface area contributed by atoms with Gasteiger partial charge in [0, 0.05) is 13.1 Å². The average Bonchev–Trinajstić information content (AvgIpc) is 2.54. The summed E-state index contributed by atoms with van der Waals surface area (Å²) in [7, 11) is 0. The lowest BCUT2D eigenvalue weighted by molar-refractivity contribution is 0.0270. The number of aryl methyl sites for hydroxylation is 2. The summed E-state index contributed by atoms with van der Waals surface area (Å²) in [5.41, 5.74) is 5.23. The molecular weight excluding hydrogens is 314 g/mol. The number of amides is 1. The first kappa shape index (κ1) is 19.5. The Morgan fingerprint density at radius 2 is 1.92 bits per heavy atom. The van der Waals surface area contributed by atoms with Crippen molar-refractivity contribution in [3.05, 3.63) is 40.5 Å². The lowest BCUT2D eigenvalue weighted by atomic mass is 9.88. The Hall–Kier alpha value is -1.81. The molecule has 138 valence electrons. The molecular formula is C21H31NO3. The number of aliphatic hydroxyl groups is 1. The summed E-state index contributed by atoms with van der Waals surface area (Å²) in [5, 5.41) is 10.4. The molecule has 0 aliphatic carbocycles. The van der Waals surface area contributed by atoms with Gasteiger partial charge in [0.1, 0.15) is 5.60 Å². The molecule has 25 heavy (non-hydrogen) atoms. The van der Waals surface area contributed by atoms with Gasteiger partial charge in [-0.1, -0.05) is 25.1 Å². The molecule has 0 saturated heterocycles. The summed E-state index contributed by atoms with van der Waals surface area (Å²) in [6, 6.07) is 4.26. The van der Waals surface area contributed by atoms with Crippen molar-refractivity contribution in [3.63, 3.8) is 0 Å². The summed E-state index contributed by atoms with van der Waals surface area (Å²) >= 11 is 0. The van der Waals surface area contributed by atoms with Crippen molar-refractivity contribution in [2.45, 2.75) is 66.1 Å². The maximum atomic E-state index is 12.2. The van der Waals surface area contributed by atoms with Crippen LogP contribution in [0.15, 0.2) is 18.2 Å². The zero-order chi connectivity index (χ0) is 18.8. The molecule has 1 atom stereocenters. The van der Waals surface area contributed by atoms with E-state index in [4.69, 9.17) is 4.74 Å². The van der Waals surface area contributed by atoms with Crippen molar-refractivity contribution >= 4 is 11.7 Å². The zero-order valence-corrected chi connectivity index (χ0v) is 16.3. The number of hydrogen-bond acceptors (Lipinski definition) is 3. The van der Waals surface area contributed by atoms with Crippen LogP contribution in [-0.2, 0) is 4.74 Å². The van der Waals surface area contributed by atoms with Crippen molar-refractivity contribution in [2.24, 2.45) is 0 Å². The number of hydrogen-bond donors (Lipinski definition) is 1.